The van der Waals surface area contributed by atoms with Crippen LogP contribution < -0.4 is 10.1 Å². The Morgan fingerprint density at radius 2 is 1.77 bits per heavy atom. The Kier molecular flexibility index (Phi) is 8.60. The molecule has 2 fully saturated rings. The topological polar surface area (TPSA) is 61.9 Å². The smallest absolute Gasteiger partial charge is 0.252 e. The highest BCUT2D eigenvalue weighted by molar-refractivity contribution is 6.31. The second-order valence-electron chi connectivity index (χ2n) is 12.2. The summed E-state index contributed by atoms with van der Waals surface area (Å²) in [5, 5.41) is 4.35. The number of fused-ring (bicyclic) bond motifs is 2. The van der Waals surface area contributed by atoms with Gasteiger partial charge in [-0.05, 0) is 78.6 Å². The van der Waals surface area contributed by atoms with Gasteiger partial charge in [0, 0.05) is 55.7 Å². The number of hydrogen-bond donors (Lipinski definition) is 1. The first-order chi connectivity index (χ1) is 20.8. The number of aryl methyl sites for hydroxylation is 1. The summed E-state index contributed by atoms with van der Waals surface area (Å²) >= 11 is 6.53. The fourth-order valence-electron chi connectivity index (χ4n) is 6.37. The molecular weight excluding hydrogens is 558 g/mol. The van der Waals surface area contributed by atoms with E-state index in [9.17, 15) is 9.59 Å². The van der Waals surface area contributed by atoms with E-state index in [-0.39, 0.29) is 29.9 Å². The van der Waals surface area contributed by atoms with Crippen LogP contribution in [0.25, 0.3) is 5.57 Å². The zero-order valence-electron chi connectivity index (χ0n) is 25.2. The van der Waals surface area contributed by atoms with Crippen molar-refractivity contribution >= 4 is 29.0 Å². The fourth-order valence-corrected chi connectivity index (χ4v) is 6.57. The average Bonchev–Trinajstić information content (AvgIpc) is 3.84. The van der Waals surface area contributed by atoms with Crippen LogP contribution in [0.5, 0.6) is 5.75 Å². The molecule has 2 aliphatic heterocycles. The van der Waals surface area contributed by atoms with E-state index < -0.39 is 0 Å². The lowest BCUT2D eigenvalue weighted by atomic mass is 9.82. The van der Waals surface area contributed by atoms with Crippen molar-refractivity contribution in [2.75, 3.05) is 19.7 Å². The Balaban J connectivity index is 1.27. The number of carbonyl (C=O) groups is 2. The molecule has 1 saturated heterocycles. The van der Waals surface area contributed by atoms with Gasteiger partial charge in [-0.15, -0.1) is 0 Å². The van der Waals surface area contributed by atoms with Crippen LogP contribution in [0.4, 0.5) is 0 Å². The van der Waals surface area contributed by atoms with E-state index in [1.54, 1.807) is 6.92 Å². The van der Waals surface area contributed by atoms with E-state index in [0.29, 0.717) is 37.7 Å². The number of ether oxygens (including phenoxy) is 1. The largest absolute Gasteiger partial charge is 0.493 e. The molecule has 6 rings (SSSR count). The Morgan fingerprint density at radius 3 is 2.49 bits per heavy atom. The maximum atomic E-state index is 14.5. The Bertz CT molecular complexity index is 1550. The number of amides is 2. The minimum atomic E-state index is -0.211. The molecule has 6 nitrogen and oxygen atoms in total. The van der Waals surface area contributed by atoms with Gasteiger partial charge in [-0.2, -0.15) is 0 Å². The average molecular weight is 598 g/mol. The number of halogens is 1. The van der Waals surface area contributed by atoms with Crippen molar-refractivity contribution in [2.24, 2.45) is 0 Å². The molecule has 2 atom stereocenters. The molecule has 0 aromatic heterocycles. The number of nitrogens with one attached hydrogen (secondary N) is 1. The van der Waals surface area contributed by atoms with Gasteiger partial charge in [-0.25, -0.2) is 0 Å². The molecule has 0 spiro atoms. The molecule has 2 heterocycles. The predicted molar refractivity (Wildman–Crippen MR) is 171 cm³/mol. The van der Waals surface area contributed by atoms with Gasteiger partial charge in [0.1, 0.15) is 5.75 Å². The molecular formula is C36H40ClN3O3. The molecule has 3 aromatic rings. The van der Waals surface area contributed by atoms with E-state index in [2.05, 4.69) is 49.5 Å². The van der Waals surface area contributed by atoms with Gasteiger partial charge in [-0.3, -0.25) is 9.59 Å². The number of hydrogen-bond acceptors (Lipinski definition) is 4. The molecule has 3 aromatic carbocycles. The van der Waals surface area contributed by atoms with Crippen molar-refractivity contribution in [1.29, 1.82) is 0 Å². The van der Waals surface area contributed by atoms with Gasteiger partial charge in [-0.1, -0.05) is 66.2 Å². The van der Waals surface area contributed by atoms with Crippen LogP contribution in [-0.2, 0) is 22.6 Å². The number of rotatable bonds is 9. The van der Waals surface area contributed by atoms with Crippen LogP contribution in [0.3, 0.4) is 0 Å². The standard InChI is InChI=1S/C36H40ClN3O3/c1-23-7-6-10-34(24(23)2)43-18-17-26-11-13-27(14-12-26)31-19-29-21-39(25(3)41)22-33(38-29)35(31)36(42)40(30-15-16-30)20-28-8-4-5-9-32(28)37/h4-14,29-30,33,38H,15-22H2,1-3H3/t29-,33-/m1/s1. The van der Waals surface area contributed by atoms with Crippen LogP contribution in [-0.4, -0.2) is 59.4 Å². The van der Waals surface area contributed by atoms with Gasteiger partial charge in [0.25, 0.3) is 5.91 Å². The SMILES string of the molecule is CC(=O)N1C[C@H]2CC(c3ccc(CCOc4cccc(C)c4C)cc3)=C(C(=O)N(Cc3ccccc3Cl)C3CC3)[C@@H](C1)N2. The lowest BCUT2D eigenvalue weighted by molar-refractivity contribution is -0.132. The van der Waals surface area contributed by atoms with E-state index in [1.807, 2.05) is 46.2 Å². The van der Waals surface area contributed by atoms with E-state index in [1.165, 1.54) is 16.7 Å². The van der Waals surface area contributed by atoms with Crippen LogP contribution in [0.1, 0.15) is 54.0 Å². The number of piperazine rings is 1. The quantitative estimate of drug-likeness (QED) is 0.323. The Labute approximate surface area is 259 Å². The van der Waals surface area contributed by atoms with E-state index in [0.717, 1.165) is 47.3 Å². The third kappa shape index (κ3) is 6.51. The third-order valence-corrected chi connectivity index (χ3v) is 9.50. The second-order valence-corrected chi connectivity index (χ2v) is 12.6. The lowest BCUT2D eigenvalue weighted by Gasteiger charge is -2.44. The molecule has 0 unspecified atom stereocenters. The molecule has 2 amide bonds. The Morgan fingerprint density at radius 1 is 1.00 bits per heavy atom. The van der Waals surface area contributed by atoms with Crippen molar-refractivity contribution in [3.63, 3.8) is 0 Å². The second kappa shape index (κ2) is 12.6. The minimum Gasteiger partial charge on any atom is -0.493 e. The highest BCUT2D eigenvalue weighted by Crippen LogP contribution is 2.38. The normalized spacial score (nSPS) is 19.8. The molecule has 1 saturated carbocycles. The zero-order chi connectivity index (χ0) is 30.1. The van der Waals surface area contributed by atoms with Gasteiger partial charge >= 0.3 is 0 Å². The Hall–Kier alpha value is -3.61. The first-order valence-electron chi connectivity index (χ1n) is 15.4. The van der Waals surface area contributed by atoms with Crippen molar-refractivity contribution < 1.29 is 14.3 Å². The summed E-state index contributed by atoms with van der Waals surface area (Å²) in [5.41, 5.74) is 7.50. The van der Waals surface area contributed by atoms with Gasteiger partial charge in [0.2, 0.25) is 5.91 Å². The zero-order valence-corrected chi connectivity index (χ0v) is 26.0. The van der Waals surface area contributed by atoms with Crippen molar-refractivity contribution in [1.82, 2.24) is 15.1 Å². The van der Waals surface area contributed by atoms with Crippen LogP contribution in [0, 0.1) is 13.8 Å². The van der Waals surface area contributed by atoms with E-state index >= 15 is 0 Å². The molecule has 2 bridgehead atoms. The summed E-state index contributed by atoms with van der Waals surface area (Å²) in [7, 11) is 0. The molecule has 3 aliphatic rings. The molecule has 1 aliphatic carbocycles. The molecule has 1 N–H and O–H groups in total. The molecule has 0 radical (unpaired) electrons. The summed E-state index contributed by atoms with van der Waals surface area (Å²) in [5.74, 6) is 1.03. The first-order valence-corrected chi connectivity index (χ1v) is 15.7. The van der Waals surface area contributed by atoms with Crippen molar-refractivity contribution in [3.8, 4) is 5.75 Å². The van der Waals surface area contributed by atoms with Crippen LogP contribution >= 0.6 is 11.6 Å². The predicted octanol–water partition coefficient (Wildman–Crippen LogP) is 6.12. The van der Waals surface area contributed by atoms with E-state index in [4.69, 9.17) is 16.3 Å². The number of nitrogens with zero attached hydrogens (tertiary/aromatic N) is 2. The van der Waals surface area contributed by atoms with Crippen molar-refractivity contribution in [2.45, 2.75) is 71.1 Å². The number of carbonyl (C=O) groups excluding carboxylic acids is 2. The fraction of sp³-hybridized carbons (Fsp3) is 0.389. The lowest BCUT2D eigenvalue weighted by Crippen LogP contribution is -2.61. The molecule has 43 heavy (non-hydrogen) atoms. The van der Waals surface area contributed by atoms with Crippen LogP contribution in [0.2, 0.25) is 5.02 Å². The maximum Gasteiger partial charge on any atom is 0.252 e. The highest BCUT2D eigenvalue weighted by atomic mass is 35.5. The summed E-state index contributed by atoms with van der Waals surface area (Å²) in [6.45, 7) is 8.03. The summed E-state index contributed by atoms with van der Waals surface area (Å²) in [6, 6.07) is 22.6. The molecule has 7 heteroatoms. The van der Waals surface area contributed by atoms with Gasteiger partial charge in [0.15, 0.2) is 0 Å². The summed E-state index contributed by atoms with van der Waals surface area (Å²) < 4.78 is 6.10. The maximum absolute atomic E-state index is 14.5. The summed E-state index contributed by atoms with van der Waals surface area (Å²) in [4.78, 5) is 30.8. The monoisotopic (exact) mass is 597 g/mol. The minimum absolute atomic E-state index is 0.0461. The van der Waals surface area contributed by atoms with Gasteiger partial charge < -0.3 is 19.9 Å². The first kappa shape index (κ1) is 29.5. The third-order valence-electron chi connectivity index (χ3n) is 9.13. The van der Waals surface area contributed by atoms with Gasteiger partial charge in [0.05, 0.1) is 12.6 Å². The number of benzene rings is 3. The molecule has 224 valence electrons. The van der Waals surface area contributed by atoms with Crippen molar-refractivity contribution in [3.05, 3.63) is 105 Å². The van der Waals surface area contributed by atoms with Crippen LogP contribution in [0.15, 0.2) is 72.3 Å². The highest BCUT2D eigenvalue weighted by Gasteiger charge is 2.43. The summed E-state index contributed by atoms with van der Waals surface area (Å²) in [6.07, 6.45) is 3.49.